The number of carboxylic acid groups (broad SMARTS) is 1. The van der Waals surface area contributed by atoms with Crippen molar-refractivity contribution in [1.82, 2.24) is 15.1 Å². The average Bonchev–Trinajstić information content (AvgIpc) is 3.46. The number of hydrogen-bond donors (Lipinski definition) is 2. The first-order valence-corrected chi connectivity index (χ1v) is 15.5. The normalized spacial score (nSPS) is 19.3. The number of likely N-dealkylation sites (tertiary alicyclic amines) is 1. The molecule has 1 saturated heterocycles. The molecule has 2 N–H and O–H groups in total. The van der Waals surface area contributed by atoms with E-state index in [1.165, 1.54) is 7.11 Å². The molecular weight excluding hydrogens is 550 g/mol. The maximum atomic E-state index is 13.8. The molecule has 1 aromatic rings. The number of methoxy groups -OCH3 is 2. The Labute approximate surface area is 257 Å². The van der Waals surface area contributed by atoms with E-state index in [4.69, 9.17) is 9.47 Å². The van der Waals surface area contributed by atoms with Crippen LogP contribution in [-0.4, -0.2) is 96.7 Å². The van der Waals surface area contributed by atoms with Crippen LogP contribution in [-0.2, 0) is 35.1 Å². The van der Waals surface area contributed by atoms with E-state index in [0.717, 1.165) is 18.4 Å². The summed E-state index contributed by atoms with van der Waals surface area (Å²) in [7, 11) is 4.88. The monoisotopic (exact) mass is 603 g/mol. The van der Waals surface area contributed by atoms with Gasteiger partial charge < -0.3 is 29.7 Å². The summed E-state index contributed by atoms with van der Waals surface area (Å²) in [5.74, 6) is -2.02. The highest BCUT2D eigenvalue weighted by Gasteiger charge is 2.42. The number of benzene rings is 1. The van der Waals surface area contributed by atoms with Crippen LogP contribution in [0.5, 0.6) is 0 Å². The third-order valence-corrected chi connectivity index (χ3v) is 8.78. The Morgan fingerprint density at radius 1 is 1.05 bits per heavy atom. The quantitative estimate of drug-likeness (QED) is 0.278. The van der Waals surface area contributed by atoms with Crippen molar-refractivity contribution in [3.05, 3.63) is 35.9 Å². The van der Waals surface area contributed by atoms with E-state index in [1.54, 1.807) is 30.9 Å². The van der Waals surface area contributed by atoms with Crippen LogP contribution in [0, 0.1) is 17.8 Å². The molecule has 0 aromatic heterocycles. The largest absolute Gasteiger partial charge is 0.480 e. The van der Waals surface area contributed by atoms with Gasteiger partial charge in [-0.3, -0.25) is 14.4 Å². The van der Waals surface area contributed by atoms with Crippen LogP contribution in [0.3, 0.4) is 0 Å². The summed E-state index contributed by atoms with van der Waals surface area (Å²) in [6, 6.07) is 7.43. The Balaban J connectivity index is 2.18. The molecule has 0 saturated carbocycles. The third-order valence-electron chi connectivity index (χ3n) is 8.78. The number of hydrogen-bond acceptors (Lipinski definition) is 6. The number of nitrogens with zero attached hydrogens (tertiary/aromatic N) is 2. The Morgan fingerprint density at radius 2 is 1.70 bits per heavy atom. The highest BCUT2D eigenvalue weighted by atomic mass is 16.5. The third kappa shape index (κ3) is 10.0. The van der Waals surface area contributed by atoms with E-state index in [9.17, 15) is 24.3 Å². The number of rotatable bonds is 17. The molecule has 10 heteroatoms. The number of carbonyl (C=O) groups is 4. The molecule has 2 unspecified atom stereocenters. The molecule has 2 rings (SSSR count). The summed E-state index contributed by atoms with van der Waals surface area (Å²) in [5, 5.41) is 12.5. The standard InChI is InChI=1S/C33H53N3O7/c1-9-22(4)30(35(6)28(37)18-21(2)3)27(42-7)20-29(38)36-17-13-16-26(36)31(43-8)23(5)32(39)34-25(33(40)41)19-24-14-11-10-12-15-24/h10-12,14-15,21-23,25-27,30-31H,9,13,16-20H2,1-8H3,(H,34,39)(H,40,41)/t22?,23?,25-,26-,27+,30-,31+/m0/s1. The van der Waals surface area contributed by atoms with Crippen LogP contribution in [0.1, 0.15) is 72.3 Å². The molecular formula is C33H53N3O7. The minimum absolute atomic E-state index is 0.0278. The summed E-state index contributed by atoms with van der Waals surface area (Å²) >= 11 is 0. The zero-order valence-corrected chi connectivity index (χ0v) is 27.2. The number of nitrogens with one attached hydrogen (secondary N) is 1. The van der Waals surface area contributed by atoms with Gasteiger partial charge in [-0.05, 0) is 30.2 Å². The van der Waals surface area contributed by atoms with Crippen molar-refractivity contribution < 1.29 is 33.8 Å². The van der Waals surface area contributed by atoms with Crippen LogP contribution >= 0.6 is 0 Å². The lowest BCUT2D eigenvalue weighted by Crippen LogP contribution is -2.54. The van der Waals surface area contributed by atoms with Gasteiger partial charge >= 0.3 is 5.97 Å². The van der Waals surface area contributed by atoms with Gasteiger partial charge in [-0.1, -0.05) is 71.4 Å². The minimum Gasteiger partial charge on any atom is -0.480 e. The summed E-state index contributed by atoms with van der Waals surface area (Å²) in [6.07, 6.45) is 1.79. The van der Waals surface area contributed by atoms with E-state index >= 15 is 0 Å². The average molecular weight is 604 g/mol. The van der Waals surface area contributed by atoms with Crippen molar-refractivity contribution >= 4 is 23.7 Å². The molecule has 0 aliphatic carbocycles. The zero-order valence-electron chi connectivity index (χ0n) is 27.2. The van der Waals surface area contributed by atoms with Crippen LogP contribution in [0.25, 0.3) is 0 Å². The van der Waals surface area contributed by atoms with Gasteiger partial charge in [0, 0.05) is 40.7 Å². The second kappa shape index (κ2) is 17.3. The topological polar surface area (TPSA) is 125 Å². The van der Waals surface area contributed by atoms with Crippen molar-refractivity contribution in [2.45, 2.75) is 103 Å². The molecule has 1 aliphatic rings. The number of likely N-dealkylation sites (N-methyl/N-ethyl adjacent to an activating group) is 1. The molecule has 1 aliphatic heterocycles. The highest BCUT2D eigenvalue weighted by molar-refractivity contribution is 5.85. The van der Waals surface area contributed by atoms with Gasteiger partial charge in [0.05, 0.1) is 36.6 Å². The number of amides is 3. The Morgan fingerprint density at radius 3 is 2.23 bits per heavy atom. The second-order valence-electron chi connectivity index (χ2n) is 12.3. The minimum atomic E-state index is -1.12. The molecule has 1 fully saturated rings. The van der Waals surface area contributed by atoms with E-state index in [-0.39, 0.29) is 48.6 Å². The van der Waals surface area contributed by atoms with Crippen LogP contribution in [0.4, 0.5) is 0 Å². The SMILES string of the molecule is CCC(C)[C@@H]([C@@H](CC(=O)N1CCC[C@H]1[C@H](OC)C(C)C(=O)N[C@@H](Cc1ccccc1)C(=O)O)OC)N(C)C(=O)CC(C)C. The molecule has 3 amide bonds. The predicted octanol–water partition coefficient (Wildman–Crippen LogP) is 3.76. The Bertz CT molecular complexity index is 1050. The van der Waals surface area contributed by atoms with Gasteiger partial charge in [-0.15, -0.1) is 0 Å². The second-order valence-corrected chi connectivity index (χ2v) is 12.3. The molecule has 0 bridgehead atoms. The van der Waals surface area contributed by atoms with E-state index in [1.807, 2.05) is 44.2 Å². The first-order valence-electron chi connectivity index (χ1n) is 15.5. The Kier molecular flexibility index (Phi) is 14.6. The van der Waals surface area contributed by atoms with Crippen molar-refractivity contribution in [3.8, 4) is 0 Å². The van der Waals surface area contributed by atoms with Gasteiger partial charge in [0.25, 0.3) is 0 Å². The summed E-state index contributed by atoms with van der Waals surface area (Å²) in [5.41, 5.74) is 0.804. The van der Waals surface area contributed by atoms with Crippen LogP contribution in [0.2, 0.25) is 0 Å². The maximum absolute atomic E-state index is 13.8. The summed E-state index contributed by atoms with van der Waals surface area (Å²) < 4.78 is 11.7. The van der Waals surface area contributed by atoms with Crippen molar-refractivity contribution in [1.29, 1.82) is 0 Å². The molecule has 0 radical (unpaired) electrons. The maximum Gasteiger partial charge on any atom is 0.326 e. The van der Waals surface area contributed by atoms with Crippen molar-refractivity contribution in [2.75, 3.05) is 27.8 Å². The van der Waals surface area contributed by atoms with Crippen LogP contribution in [0.15, 0.2) is 30.3 Å². The number of carbonyl (C=O) groups excluding carboxylic acids is 3. The first kappa shape index (κ1) is 36.2. The van der Waals surface area contributed by atoms with Crippen molar-refractivity contribution in [2.24, 2.45) is 17.8 Å². The van der Waals surface area contributed by atoms with E-state index < -0.39 is 36.0 Å². The van der Waals surface area contributed by atoms with Crippen LogP contribution < -0.4 is 5.32 Å². The lowest BCUT2D eigenvalue weighted by atomic mass is 9.90. The smallest absolute Gasteiger partial charge is 0.326 e. The van der Waals surface area contributed by atoms with Gasteiger partial charge in [0.15, 0.2) is 0 Å². The fourth-order valence-corrected chi connectivity index (χ4v) is 6.17. The number of aliphatic carboxylic acids is 1. The van der Waals surface area contributed by atoms with Gasteiger partial charge in [0.1, 0.15) is 6.04 Å². The lowest BCUT2D eigenvalue weighted by Gasteiger charge is -2.39. The summed E-state index contributed by atoms with van der Waals surface area (Å²) in [4.78, 5) is 55.6. The lowest BCUT2D eigenvalue weighted by molar-refractivity contribution is -0.147. The summed E-state index contributed by atoms with van der Waals surface area (Å²) in [6.45, 7) is 10.4. The van der Waals surface area contributed by atoms with E-state index in [2.05, 4.69) is 19.2 Å². The Hall–Kier alpha value is -2.98. The fourth-order valence-electron chi connectivity index (χ4n) is 6.17. The predicted molar refractivity (Wildman–Crippen MR) is 165 cm³/mol. The molecule has 43 heavy (non-hydrogen) atoms. The zero-order chi connectivity index (χ0) is 32.3. The van der Waals surface area contributed by atoms with Crippen molar-refractivity contribution in [3.63, 3.8) is 0 Å². The number of ether oxygens (including phenoxy) is 2. The van der Waals surface area contributed by atoms with Gasteiger partial charge in [0.2, 0.25) is 17.7 Å². The molecule has 0 spiro atoms. The first-order chi connectivity index (χ1) is 20.4. The van der Waals surface area contributed by atoms with E-state index in [0.29, 0.717) is 19.4 Å². The number of carboxylic acids is 1. The molecule has 7 atom stereocenters. The van der Waals surface area contributed by atoms with Gasteiger partial charge in [-0.25, -0.2) is 4.79 Å². The molecule has 1 aromatic carbocycles. The van der Waals surface area contributed by atoms with Gasteiger partial charge in [-0.2, -0.15) is 0 Å². The highest BCUT2D eigenvalue weighted by Crippen LogP contribution is 2.29. The fraction of sp³-hybridized carbons (Fsp3) is 0.697. The molecule has 10 nitrogen and oxygen atoms in total. The molecule has 242 valence electrons. The molecule has 1 heterocycles.